The van der Waals surface area contributed by atoms with E-state index in [0.29, 0.717) is 5.92 Å². The fourth-order valence-electron chi connectivity index (χ4n) is 3.10. The van der Waals surface area contributed by atoms with Crippen molar-refractivity contribution in [1.29, 1.82) is 0 Å². The topological polar surface area (TPSA) is 20.2 Å². The molecule has 1 atom stereocenters. The van der Waals surface area contributed by atoms with E-state index in [2.05, 4.69) is 71.0 Å². The molecule has 0 amide bonds. The molecule has 2 aromatic rings. The average molecular weight is 282 g/mol. The van der Waals surface area contributed by atoms with Crippen LogP contribution in [0.5, 0.6) is 0 Å². The molecule has 0 fully saturated rings. The Kier molecular flexibility index (Phi) is 4.84. The van der Waals surface area contributed by atoms with E-state index < -0.39 is 6.10 Å². The Hall–Kier alpha value is -1.60. The zero-order chi connectivity index (χ0) is 15.6. The normalized spacial score (nSPS) is 12.7. The van der Waals surface area contributed by atoms with Crippen LogP contribution in [-0.4, -0.2) is 5.11 Å². The lowest BCUT2D eigenvalue weighted by Gasteiger charge is -2.18. The Balaban J connectivity index is 2.30. The van der Waals surface area contributed by atoms with Gasteiger partial charge in [-0.15, -0.1) is 0 Å². The Bertz CT molecular complexity index is 585. The number of aliphatic hydroxyl groups excluding tert-OH is 1. The van der Waals surface area contributed by atoms with Crippen molar-refractivity contribution in [3.63, 3.8) is 0 Å². The third-order valence-electron chi connectivity index (χ3n) is 3.95. The van der Waals surface area contributed by atoms with Gasteiger partial charge in [-0.05, 0) is 60.9 Å². The number of rotatable bonds is 4. The van der Waals surface area contributed by atoms with Gasteiger partial charge in [-0.1, -0.05) is 55.8 Å². The Morgan fingerprint density at radius 2 is 1.43 bits per heavy atom. The van der Waals surface area contributed by atoms with Crippen molar-refractivity contribution >= 4 is 0 Å². The number of benzene rings is 2. The first-order chi connectivity index (χ1) is 9.88. The van der Waals surface area contributed by atoms with Crippen LogP contribution < -0.4 is 0 Å². The summed E-state index contributed by atoms with van der Waals surface area (Å²) in [5, 5.41) is 10.7. The van der Waals surface area contributed by atoms with Crippen LogP contribution in [0.4, 0.5) is 0 Å². The molecule has 0 aliphatic heterocycles. The molecular weight excluding hydrogens is 256 g/mol. The minimum atomic E-state index is -0.543. The van der Waals surface area contributed by atoms with Gasteiger partial charge in [0, 0.05) is 0 Å². The van der Waals surface area contributed by atoms with Crippen molar-refractivity contribution in [1.82, 2.24) is 0 Å². The van der Waals surface area contributed by atoms with Crippen molar-refractivity contribution in [2.24, 2.45) is 5.92 Å². The van der Waals surface area contributed by atoms with Gasteiger partial charge in [-0.2, -0.15) is 0 Å². The third-order valence-corrected chi connectivity index (χ3v) is 3.95. The molecule has 0 bridgehead atoms. The highest BCUT2D eigenvalue weighted by Gasteiger charge is 2.15. The highest BCUT2D eigenvalue weighted by molar-refractivity contribution is 5.43. The van der Waals surface area contributed by atoms with E-state index in [0.717, 1.165) is 28.7 Å². The van der Waals surface area contributed by atoms with E-state index in [4.69, 9.17) is 0 Å². The lowest BCUT2D eigenvalue weighted by molar-refractivity contribution is 0.218. The largest absolute Gasteiger partial charge is 0.384 e. The Morgan fingerprint density at radius 3 is 1.90 bits per heavy atom. The van der Waals surface area contributed by atoms with Crippen molar-refractivity contribution in [2.75, 3.05) is 0 Å². The first-order valence-electron chi connectivity index (χ1n) is 7.73. The molecule has 0 spiro atoms. The molecule has 0 saturated carbocycles. The van der Waals surface area contributed by atoms with Gasteiger partial charge >= 0.3 is 0 Å². The van der Waals surface area contributed by atoms with E-state index >= 15 is 0 Å². The Morgan fingerprint density at radius 1 is 0.905 bits per heavy atom. The van der Waals surface area contributed by atoms with Crippen LogP contribution in [-0.2, 0) is 6.42 Å². The van der Waals surface area contributed by atoms with Gasteiger partial charge in [-0.3, -0.25) is 0 Å². The van der Waals surface area contributed by atoms with E-state index in [1.165, 1.54) is 11.1 Å². The summed E-state index contributed by atoms with van der Waals surface area (Å²) in [5.74, 6) is 0.655. The molecule has 21 heavy (non-hydrogen) atoms. The van der Waals surface area contributed by atoms with E-state index in [1.54, 1.807) is 0 Å². The summed E-state index contributed by atoms with van der Waals surface area (Å²) >= 11 is 0. The van der Waals surface area contributed by atoms with Crippen LogP contribution in [0, 0.1) is 26.7 Å². The quantitative estimate of drug-likeness (QED) is 0.846. The molecule has 1 unspecified atom stereocenters. The molecule has 2 aromatic carbocycles. The number of hydrogen-bond acceptors (Lipinski definition) is 1. The van der Waals surface area contributed by atoms with Gasteiger partial charge in [0.05, 0.1) is 0 Å². The van der Waals surface area contributed by atoms with Crippen molar-refractivity contribution in [3.8, 4) is 0 Å². The molecule has 2 rings (SSSR count). The van der Waals surface area contributed by atoms with E-state index in [1.807, 2.05) is 0 Å². The van der Waals surface area contributed by atoms with Crippen molar-refractivity contribution in [2.45, 2.75) is 47.1 Å². The molecule has 0 aliphatic rings. The van der Waals surface area contributed by atoms with Crippen molar-refractivity contribution in [3.05, 3.63) is 69.8 Å². The molecule has 1 N–H and O–H groups in total. The molecule has 0 radical (unpaired) electrons. The second-order valence-corrected chi connectivity index (χ2v) is 6.55. The van der Waals surface area contributed by atoms with Crippen LogP contribution in [0.2, 0.25) is 0 Å². The summed E-state index contributed by atoms with van der Waals surface area (Å²) < 4.78 is 0. The molecule has 0 aromatic heterocycles. The predicted octanol–water partition coefficient (Wildman–Crippen LogP) is 4.89. The molecule has 0 saturated heterocycles. The summed E-state index contributed by atoms with van der Waals surface area (Å²) in [5.41, 5.74) is 6.90. The smallest absolute Gasteiger partial charge is 0.105 e. The SMILES string of the molecule is Cc1cc(C)c(C(O)c2ccc(CC(C)C)cc2)c(C)c1. The minimum absolute atomic E-state index is 0.543. The lowest BCUT2D eigenvalue weighted by Crippen LogP contribution is -2.05. The monoisotopic (exact) mass is 282 g/mol. The van der Waals surface area contributed by atoms with E-state index in [-0.39, 0.29) is 0 Å². The number of aryl methyl sites for hydroxylation is 3. The van der Waals surface area contributed by atoms with Gasteiger partial charge in [0.25, 0.3) is 0 Å². The second kappa shape index (κ2) is 6.44. The standard InChI is InChI=1S/C20H26O/c1-13(2)10-17-6-8-18(9-7-17)20(21)19-15(4)11-14(3)12-16(19)5/h6-9,11-13,20-21H,10H2,1-5H3. The fourth-order valence-corrected chi connectivity index (χ4v) is 3.10. The minimum Gasteiger partial charge on any atom is -0.384 e. The molecular formula is C20H26O. The first-order valence-corrected chi connectivity index (χ1v) is 7.73. The van der Waals surface area contributed by atoms with E-state index in [9.17, 15) is 5.11 Å². The van der Waals surface area contributed by atoms with Crippen LogP contribution >= 0.6 is 0 Å². The number of hydrogen-bond donors (Lipinski definition) is 1. The summed E-state index contributed by atoms with van der Waals surface area (Å²) in [7, 11) is 0. The summed E-state index contributed by atoms with van der Waals surface area (Å²) in [4.78, 5) is 0. The predicted molar refractivity (Wildman–Crippen MR) is 89.7 cm³/mol. The molecule has 1 heteroatoms. The van der Waals surface area contributed by atoms with Gasteiger partial charge in [0.15, 0.2) is 0 Å². The van der Waals surface area contributed by atoms with Crippen LogP contribution in [0.15, 0.2) is 36.4 Å². The Labute approximate surface area is 128 Å². The highest BCUT2D eigenvalue weighted by Crippen LogP contribution is 2.29. The maximum atomic E-state index is 10.7. The first kappa shape index (κ1) is 15.8. The van der Waals surface area contributed by atoms with Gasteiger partial charge < -0.3 is 5.11 Å². The zero-order valence-corrected chi connectivity index (χ0v) is 13.8. The summed E-state index contributed by atoms with van der Waals surface area (Å²) in [6.45, 7) is 10.7. The lowest BCUT2D eigenvalue weighted by atomic mass is 9.91. The summed E-state index contributed by atoms with van der Waals surface area (Å²) in [6, 6.07) is 12.7. The zero-order valence-electron chi connectivity index (χ0n) is 13.8. The van der Waals surface area contributed by atoms with Crippen LogP contribution in [0.3, 0.4) is 0 Å². The van der Waals surface area contributed by atoms with Gasteiger partial charge in [0.1, 0.15) is 6.10 Å². The molecule has 1 nitrogen and oxygen atoms in total. The maximum Gasteiger partial charge on any atom is 0.105 e. The van der Waals surface area contributed by atoms with Crippen LogP contribution in [0.1, 0.15) is 53.3 Å². The average Bonchev–Trinajstić information content (AvgIpc) is 2.37. The molecule has 0 aliphatic carbocycles. The van der Waals surface area contributed by atoms with Gasteiger partial charge in [0.2, 0.25) is 0 Å². The number of aliphatic hydroxyl groups is 1. The summed E-state index contributed by atoms with van der Waals surface area (Å²) in [6.07, 6.45) is 0.539. The maximum absolute atomic E-state index is 10.7. The second-order valence-electron chi connectivity index (χ2n) is 6.55. The molecule has 0 heterocycles. The van der Waals surface area contributed by atoms with Crippen LogP contribution in [0.25, 0.3) is 0 Å². The van der Waals surface area contributed by atoms with Gasteiger partial charge in [-0.25, -0.2) is 0 Å². The highest BCUT2D eigenvalue weighted by atomic mass is 16.3. The van der Waals surface area contributed by atoms with Crippen molar-refractivity contribution < 1.29 is 5.11 Å². The molecule has 112 valence electrons. The third kappa shape index (κ3) is 3.74. The fraction of sp³-hybridized carbons (Fsp3) is 0.400.